The molecule has 4 heterocycles. The zero-order chi connectivity index (χ0) is 32.6. The van der Waals surface area contributed by atoms with Crippen molar-refractivity contribution >= 4 is 26.7 Å². The molecule has 0 bridgehead atoms. The summed E-state index contributed by atoms with van der Waals surface area (Å²) in [5.74, 6) is 0.234. The zero-order valence-electron chi connectivity index (χ0n) is 26.6. The summed E-state index contributed by atoms with van der Waals surface area (Å²) < 4.78 is 39.6. The molecule has 11 heteroatoms. The van der Waals surface area contributed by atoms with E-state index in [2.05, 4.69) is 16.5 Å². The molecule has 1 saturated heterocycles. The highest BCUT2D eigenvalue weighted by atomic mass is 32.2. The van der Waals surface area contributed by atoms with Crippen LogP contribution in [0.25, 0.3) is 22.0 Å². The molecule has 2 fully saturated rings. The summed E-state index contributed by atoms with van der Waals surface area (Å²) in [6.07, 6.45) is 6.75. The van der Waals surface area contributed by atoms with Gasteiger partial charge in [0.05, 0.1) is 41.8 Å². The standard InChI is InChI=1S/C35H40N4O6S/c1-5-10-35(11-12-35)46(42,43)39-21-23(2)33-29(31(40)9-8-28-32(44-4)17-24(3)37-34(28)41)18-26(19-30(33)39)25-6-7-27(36-20-25)22-38-13-15-45-16-14-38/h5-7,17-21H,1,8-16,22H2,2-4H3,(H,37,41). The van der Waals surface area contributed by atoms with Crippen LogP contribution in [0.1, 0.15) is 58.6 Å². The van der Waals surface area contributed by atoms with Gasteiger partial charge in [-0.2, -0.15) is 0 Å². The summed E-state index contributed by atoms with van der Waals surface area (Å²) in [5.41, 5.74) is 4.70. The Morgan fingerprint density at radius 1 is 1.15 bits per heavy atom. The number of H-pyrrole nitrogens is 1. The van der Waals surface area contributed by atoms with Crippen LogP contribution in [0.2, 0.25) is 0 Å². The van der Waals surface area contributed by atoms with Crippen molar-refractivity contribution in [2.75, 3.05) is 33.4 Å². The lowest BCUT2D eigenvalue weighted by Gasteiger charge is -2.26. The van der Waals surface area contributed by atoms with Gasteiger partial charge in [0.25, 0.3) is 5.56 Å². The second kappa shape index (κ2) is 12.6. The third-order valence-electron chi connectivity index (χ3n) is 9.19. The van der Waals surface area contributed by atoms with Crippen molar-refractivity contribution in [3.05, 3.63) is 93.8 Å². The number of nitrogens with one attached hydrogen (secondary N) is 1. The number of pyridine rings is 2. The lowest BCUT2D eigenvalue weighted by molar-refractivity contribution is 0.0336. The van der Waals surface area contributed by atoms with Crippen LogP contribution in [0.15, 0.2) is 60.2 Å². The number of ketones is 1. The molecular weight excluding hydrogens is 604 g/mol. The Labute approximate surface area is 269 Å². The number of aryl methyl sites for hydroxylation is 2. The Morgan fingerprint density at radius 3 is 2.57 bits per heavy atom. The molecule has 46 heavy (non-hydrogen) atoms. The van der Waals surface area contributed by atoms with E-state index in [-0.39, 0.29) is 24.2 Å². The van der Waals surface area contributed by atoms with Crippen LogP contribution in [0.4, 0.5) is 0 Å². The maximum absolute atomic E-state index is 14.1. The normalized spacial score (nSPS) is 16.4. The number of ether oxygens (including phenoxy) is 2. The predicted octanol–water partition coefficient (Wildman–Crippen LogP) is 4.95. The first kappa shape index (κ1) is 31.9. The highest BCUT2D eigenvalue weighted by Crippen LogP contribution is 2.49. The third kappa shape index (κ3) is 5.94. The van der Waals surface area contributed by atoms with Crippen molar-refractivity contribution < 1.29 is 22.7 Å². The third-order valence-corrected chi connectivity index (χ3v) is 11.7. The molecule has 10 nitrogen and oxygen atoms in total. The fourth-order valence-corrected chi connectivity index (χ4v) is 8.51. The number of hydrogen-bond donors (Lipinski definition) is 1. The van der Waals surface area contributed by atoms with Crippen LogP contribution in [-0.4, -0.2) is 71.2 Å². The average molecular weight is 645 g/mol. The number of aromatic nitrogens is 3. The smallest absolute Gasteiger partial charge is 0.255 e. The number of morpholine rings is 1. The minimum absolute atomic E-state index is 0.0373. The molecule has 1 aromatic carbocycles. The summed E-state index contributed by atoms with van der Waals surface area (Å²) in [4.78, 5) is 36.6. The number of aromatic amines is 1. The van der Waals surface area contributed by atoms with E-state index < -0.39 is 14.8 Å². The van der Waals surface area contributed by atoms with E-state index in [9.17, 15) is 18.0 Å². The number of nitrogens with zero attached hydrogens (tertiary/aromatic N) is 3. The van der Waals surface area contributed by atoms with Crippen molar-refractivity contribution in [2.24, 2.45) is 0 Å². The molecule has 4 aromatic rings. The van der Waals surface area contributed by atoms with Crippen molar-refractivity contribution in [3.63, 3.8) is 0 Å². The van der Waals surface area contributed by atoms with Gasteiger partial charge in [0.15, 0.2) is 5.78 Å². The van der Waals surface area contributed by atoms with E-state index in [0.29, 0.717) is 83.6 Å². The summed E-state index contributed by atoms with van der Waals surface area (Å²) in [5, 5.41) is 0.591. The summed E-state index contributed by atoms with van der Waals surface area (Å²) in [7, 11) is -2.29. The van der Waals surface area contributed by atoms with Crippen molar-refractivity contribution in [1.29, 1.82) is 0 Å². The molecule has 0 amide bonds. The molecule has 0 unspecified atom stereocenters. The summed E-state index contributed by atoms with van der Waals surface area (Å²) in [6, 6.07) is 9.33. The van der Waals surface area contributed by atoms with Crippen LogP contribution >= 0.6 is 0 Å². The first-order valence-corrected chi connectivity index (χ1v) is 17.1. The predicted molar refractivity (Wildman–Crippen MR) is 178 cm³/mol. The van der Waals surface area contributed by atoms with Crippen molar-refractivity contribution in [1.82, 2.24) is 18.8 Å². The number of benzene rings is 1. The number of hydrogen-bond acceptors (Lipinski definition) is 8. The molecule has 1 aliphatic carbocycles. The minimum Gasteiger partial charge on any atom is -0.496 e. The van der Waals surface area contributed by atoms with Crippen LogP contribution in [0, 0.1) is 13.8 Å². The Kier molecular flexibility index (Phi) is 8.75. The van der Waals surface area contributed by atoms with Gasteiger partial charge in [-0.1, -0.05) is 12.1 Å². The van der Waals surface area contributed by atoms with Gasteiger partial charge in [-0.05, 0) is 74.9 Å². The lowest BCUT2D eigenvalue weighted by atomic mass is 9.94. The number of rotatable bonds is 12. The maximum atomic E-state index is 14.1. The van der Waals surface area contributed by atoms with Gasteiger partial charge < -0.3 is 14.5 Å². The number of methoxy groups -OCH3 is 1. The van der Waals surface area contributed by atoms with Gasteiger partial charge in [-0.25, -0.2) is 12.4 Å². The van der Waals surface area contributed by atoms with E-state index in [1.165, 1.54) is 11.1 Å². The summed E-state index contributed by atoms with van der Waals surface area (Å²) >= 11 is 0. The van der Waals surface area contributed by atoms with Crippen LogP contribution in [-0.2, 0) is 27.7 Å². The second-order valence-electron chi connectivity index (χ2n) is 12.4. The van der Waals surface area contributed by atoms with E-state index >= 15 is 0 Å². The van der Waals surface area contributed by atoms with Gasteiger partial charge in [0.2, 0.25) is 10.0 Å². The molecule has 1 aliphatic heterocycles. The van der Waals surface area contributed by atoms with Gasteiger partial charge >= 0.3 is 0 Å². The lowest BCUT2D eigenvalue weighted by Crippen LogP contribution is -2.35. The molecule has 0 spiro atoms. The quantitative estimate of drug-likeness (QED) is 0.170. The average Bonchev–Trinajstić information content (AvgIpc) is 3.76. The Morgan fingerprint density at radius 2 is 1.91 bits per heavy atom. The van der Waals surface area contributed by atoms with E-state index in [1.54, 1.807) is 31.5 Å². The summed E-state index contributed by atoms with van der Waals surface area (Å²) in [6.45, 7) is 11.2. The van der Waals surface area contributed by atoms with Gasteiger partial charge in [0.1, 0.15) is 5.75 Å². The highest BCUT2D eigenvalue weighted by molar-refractivity contribution is 7.91. The fraction of sp³-hybridized carbons (Fsp3) is 0.400. The number of carbonyl (C=O) groups is 1. The van der Waals surface area contributed by atoms with Crippen LogP contribution in [0.3, 0.4) is 0 Å². The maximum Gasteiger partial charge on any atom is 0.255 e. The largest absolute Gasteiger partial charge is 0.496 e. The van der Waals surface area contributed by atoms with Crippen molar-refractivity contribution in [2.45, 2.75) is 57.2 Å². The van der Waals surface area contributed by atoms with Gasteiger partial charge in [-0.3, -0.25) is 19.5 Å². The first-order valence-electron chi connectivity index (χ1n) is 15.6. The van der Waals surface area contributed by atoms with Crippen LogP contribution in [0.5, 0.6) is 5.75 Å². The molecule has 1 saturated carbocycles. The molecular formula is C35H40N4O6S. The Bertz CT molecular complexity index is 1970. The molecule has 6 rings (SSSR count). The topological polar surface area (TPSA) is 124 Å². The van der Waals surface area contributed by atoms with E-state index in [0.717, 1.165) is 24.3 Å². The molecule has 3 aromatic heterocycles. The van der Waals surface area contributed by atoms with Gasteiger partial charge in [-0.15, -0.1) is 6.58 Å². The fourth-order valence-electron chi connectivity index (χ4n) is 6.44. The number of Topliss-reactive ketones (excluding diaryl/α,β-unsaturated/α-hetero) is 1. The molecule has 242 valence electrons. The SMILES string of the molecule is C=CCC1(S(=O)(=O)n2cc(C)c3c(C(=O)CCc4c(OC)cc(C)[nH]c4=O)cc(-c4ccc(CN5CCOCC5)nc4)cc32)CC1. The molecule has 1 N–H and O–H groups in total. The van der Waals surface area contributed by atoms with Gasteiger partial charge in [0, 0.05) is 60.7 Å². The Balaban J connectivity index is 1.42. The minimum atomic E-state index is -3.79. The number of carbonyl (C=O) groups excluding carboxylic acids is 1. The number of allylic oxidation sites excluding steroid dienone is 1. The molecule has 0 atom stereocenters. The monoisotopic (exact) mass is 644 g/mol. The Hall–Kier alpha value is -4.06. The molecule has 2 aliphatic rings. The van der Waals surface area contributed by atoms with Crippen LogP contribution < -0.4 is 10.3 Å². The highest BCUT2D eigenvalue weighted by Gasteiger charge is 2.54. The zero-order valence-corrected chi connectivity index (χ0v) is 27.4. The van der Waals surface area contributed by atoms with E-state index in [4.69, 9.17) is 14.5 Å². The van der Waals surface area contributed by atoms with Crippen molar-refractivity contribution in [3.8, 4) is 16.9 Å². The first-order chi connectivity index (χ1) is 22.1. The van der Waals surface area contributed by atoms with E-state index in [1.807, 2.05) is 31.2 Å². The number of fused-ring (bicyclic) bond motifs is 1. The second-order valence-corrected chi connectivity index (χ2v) is 14.6. The molecule has 0 radical (unpaired) electrons.